The average Bonchev–Trinajstić information content (AvgIpc) is 3.30. The summed E-state index contributed by atoms with van der Waals surface area (Å²) in [5.74, 6) is 0.608. The number of hydrogen-bond acceptors (Lipinski definition) is 5. The monoisotopic (exact) mass is 361 g/mol. The van der Waals surface area contributed by atoms with Crippen LogP contribution in [0.5, 0.6) is 5.75 Å². The largest absolute Gasteiger partial charge is 0.490 e. The van der Waals surface area contributed by atoms with E-state index in [1.165, 1.54) is 23.1 Å². The fourth-order valence-corrected chi connectivity index (χ4v) is 4.27. The number of nitrogens with zero attached hydrogens (tertiary/aromatic N) is 3. The number of aryl methyl sites for hydroxylation is 1. The minimum Gasteiger partial charge on any atom is -0.490 e. The molecule has 3 aromatic rings. The summed E-state index contributed by atoms with van der Waals surface area (Å²) in [5, 5.41) is 20.0. The van der Waals surface area contributed by atoms with Crippen molar-refractivity contribution in [2.45, 2.75) is 39.2 Å². The van der Waals surface area contributed by atoms with Crippen LogP contribution in [0, 0.1) is 11.3 Å². The summed E-state index contributed by atoms with van der Waals surface area (Å²) >= 11 is 1.57. The lowest BCUT2D eigenvalue weighted by atomic mass is 10.0. The van der Waals surface area contributed by atoms with Crippen molar-refractivity contribution in [3.63, 3.8) is 0 Å². The standard InChI is InChI=1S/C21H19N3OS/c1-13(2)25-19-10-9-15(11-16(19)12-22)20-23-24-21(26-20)18-8-4-6-14-5-3-7-17(14)18/h4,6,8-11,13H,3,5,7H2,1-2H3. The Balaban J connectivity index is 1.69. The molecule has 4 rings (SSSR count). The predicted octanol–water partition coefficient (Wildman–Crippen LogP) is 5.02. The summed E-state index contributed by atoms with van der Waals surface area (Å²) in [6.07, 6.45) is 3.50. The van der Waals surface area contributed by atoms with Gasteiger partial charge < -0.3 is 4.74 Å². The zero-order valence-corrected chi connectivity index (χ0v) is 15.6. The van der Waals surface area contributed by atoms with E-state index in [1.54, 1.807) is 11.3 Å². The van der Waals surface area contributed by atoms with Gasteiger partial charge in [-0.05, 0) is 62.4 Å². The molecule has 0 spiro atoms. The highest BCUT2D eigenvalue weighted by atomic mass is 32.1. The molecule has 0 fully saturated rings. The van der Waals surface area contributed by atoms with Gasteiger partial charge >= 0.3 is 0 Å². The molecule has 5 heteroatoms. The highest BCUT2D eigenvalue weighted by Crippen LogP contribution is 2.37. The van der Waals surface area contributed by atoms with Crippen molar-refractivity contribution in [2.24, 2.45) is 0 Å². The van der Waals surface area contributed by atoms with Gasteiger partial charge in [0.1, 0.15) is 21.8 Å². The van der Waals surface area contributed by atoms with Crippen molar-refractivity contribution in [3.05, 3.63) is 53.1 Å². The first-order chi connectivity index (χ1) is 12.7. The summed E-state index contributed by atoms with van der Waals surface area (Å²) in [5.41, 5.74) is 5.46. The number of rotatable bonds is 4. The summed E-state index contributed by atoms with van der Waals surface area (Å²) in [4.78, 5) is 0. The molecule has 0 bridgehead atoms. The predicted molar refractivity (Wildman–Crippen MR) is 103 cm³/mol. The molecular formula is C21H19N3OS. The minimum atomic E-state index is 0.0289. The number of nitriles is 1. The van der Waals surface area contributed by atoms with Gasteiger partial charge in [-0.25, -0.2) is 0 Å². The molecule has 1 heterocycles. The molecule has 0 saturated heterocycles. The van der Waals surface area contributed by atoms with Crippen LogP contribution < -0.4 is 4.74 Å². The van der Waals surface area contributed by atoms with E-state index in [-0.39, 0.29) is 6.10 Å². The molecule has 0 radical (unpaired) electrons. The zero-order valence-electron chi connectivity index (χ0n) is 14.8. The third-order valence-electron chi connectivity index (χ3n) is 4.51. The van der Waals surface area contributed by atoms with Crippen LogP contribution in [0.2, 0.25) is 0 Å². The van der Waals surface area contributed by atoms with Crippen LogP contribution >= 0.6 is 11.3 Å². The molecule has 0 amide bonds. The average molecular weight is 361 g/mol. The Kier molecular flexibility index (Phi) is 4.44. The quantitative estimate of drug-likeness (QED) is 0.655. The molecule has 1 aliphatic carbocycles. The van der Waals surface area contributed by atoms with E-state index in [4.69, 9.17) is 4.74 Å². The summed E-state index contributed by atoms with van der Waals surface area (Å²) in [6.45, 7) is 3.90. The molecule has 0 atom stereocenters. The van der Waals surface area contributed by atoms with E-state index >= 15 is 0 Å². The van der Waals surface area contributed by atoms with Crippen molar-refractivity contribution in [3.8, 4) is 33.0 Å². The van der Waals surface area contributed by atoms with Crippen LogP contribution in [0.4, 0.5) is 0 Å². The zero-order chi connectivity index (χ0) is 18.1. The maximum Gasteiger partial charge on any atom is 0.148 e. The van der Waals surface area contributed by atoms with Gasteiger partial charge in [0, 0.05) is 11.1 Å². The maximum atomic E-state index is 9.43. The fraction of sp³-hybridized carbons (Fsp3) is 0.286. The Morgan fingerprint density at radius 1 is 1.12 bits per heavy atom. The van der Waals surface area contributed by atoms with E-state index in [2.05, 4.69) is 34.5 Å². The smallest absolute Gasteiger partial charge is 0.148 e. The third-order valence-corrected chi connectivity index (χ3v) is 5.52. The van der Waals surface area contributed by atoms with Gasteiger partial charge in [-0.2, -0.15) is 5.26 Å². The van der Waals surface area contributed by atoms with E-state index < -0.39 is 0 Å². The molecule has 26 heavy (non-hydrogen) atoms. The van der Waals surface area contributed by atoms with Gasteiger partial charge in [-0.3, -0.25) is 0 Å². The number of aromatic nitrogens is 2. The fourth-order valence-electron chi connectivity index (χ4n) is 3.38. The van der Waals surface area contributed by atoms with Crippen molar-refractivity contribution in [1.82, 2.24) is 10.2 Å². The normalized spacial score (nSPS) is 12.8. The molecule has 1 aliphatic rings. The number of fused-ring (bicyclic) bond motifs is 1. The number of ether oxygens (including phenoxy) is 1. The SMILES string of the molecule is CC(C)Oc1ccc(-c2nnc(-c3cccc4c3CCC4)s2)cc1C#N. The van der Waals surface area contributed by atoms with E-state index in [0.29, 0.717) is 11.3 Å². The van der Waals surface area contributed by atoms with Crippen LogP contribution in [-0.4, -0.2) is 16.3 Å². The van der Waals surface area contributed by atoms with Crippen LogP contribution in [0.15, 0.2) is 36.4 Å². The van der Waals surface area contributed by atoms with Crippen LogP contribution in [0.25, 0.3) is 21.1 Å². The summed E-state index contributed by atoms with van der Waals surface area (Å²) in [6, 6.07) is 14.3. The Morgan fingerprint density at radius 2 is 1.96 bits per heavy atom. The highest BCUT2D eigenvalue weighted by molar-refractivity contribution is 7.17. The molecule has 130 valence electrons. The molecule has 2 aromatic carbocycles. The second-order valence-corrected chi connectivity index (χ2v) is 7.68. The molecule has 1 aromatic heterocycles. The van der Waals surface area contributed by atoms with Crippen molar-refractivity contribution in [2.75, 3.05) is 0 Å². The Bertz CT molecular complexity index is 1000. The minimum absolute atomic E-state index is 0.0289. The second-order valence-electron chi connectivity index (χ2n) is 6.70. The first-order valence-electron chi connectivity index (χ1n) is 8.81. The molecule has 0 aliphatic heterocycles. The van der Waals surface area contributed by atoms with Crippen molar-refractivity contribution < 1.29 is 4.74 Å². The topological polar surface area (TPSA) is 58.8 Å². The lowest BCUT2D eigenvalue weighted by Gasteiger charge is -2.11. The molecule has 0 unspecified atom stereocenters. The molecule has 0 N–H and O–H groups in total. The first-order valence-corrected chi connectivity index (χ1v) is 9.63. The van der Waals surface area contributed by atoms with Gasteiger partial charge in [0.05, 0.1) is 11.7 Å². The van der Waals surface area contributed by atoms with Crippen LogP contribution in [-0.2, 0) is 12.8 Å². The van der Waals surface area contributed by atoms with E-state index in [9.17, 15) is 5.26 Å². The Labute approximate surface area is 157 Å². The summed E-state index contributed by atoms with van der Waals surface area (Å²) < 4.78 is 5.70. The number of hydrogen-bond donors (Lipinski definition) is 0. The summed E-state index contributed by atoms with van der Waals surface area (Å²) in [7, 11) is 0. The second kappa shape index (κ2) is 6.89. The van der Waals surface area contributed by atoms with Gasteiger partial charge in [-0.15, -0.1) is 10.2 Å². The van der Waals surface area contributed by atoms with Crippen molar-refractivity contribution in [1.29, 1.82) is 5.26 Å². The Morgan fingerprint density at radius 3 is 2.77 bits per heavy atom. The number of benzene rings is 2. The van der Waals surface area contributed by atoms with Crippen LogP contribution in [0.3, 0.4) is 0 Å². The van der Waals surface area contributed by atoms with Gasteiger partial charge in [0.25, 0.3) is 0 Å². The molecule has 4 nitrogen and oxygen atoms in total. The van der Waals surface area contributed by atoms with Crippen molar-refractivity contribution >= 4 is 11.3 Å². The Hall–Kier alpha value is -2.71. The third kappa shape index (κ3) is 3.09. The van der Waals surface area contributed by atoms with E-state index in [0.717, 1.165) is 28.4 Å². The van der Waals surface area contributed by atoms with Gasteiger partial charge in [0.15, 0.2) is 0 Å². The maximum absolute atomic E-state index is 9.43. The van der Waals surface area contributed by atoms with Gasteiger partial charge in [-0.1, -0.05) is 29.5 Å². The molecular weight excluding hydrogens is 342 g/mol. The lowest BCUT2D eigenvalue weighted by Crippen LogP contribution is -2.06. The molecule has 0 saturated carbocycles. The highest BCUT2D eigenvalue weighted by Gasteiger charge is 2.18. The first kappa shape index (κ1) is 16.7. The van der Waals surface area contributed by atoms with Crippen LogP contribution in [0.1, 0.15) is 37.0 Å². The van der Waals surface area contributed by atoms with E-state index in [1.807, 2.05) is 32.0 Å². The lowest BCUT2D eigenvalue weighted by molar-refractivity contribution is 0.242. The van der Waals surface area contributed by atoms with Gasteiger partial charge in [0.2, 0.25) is 0 Å².